The number of carbonyl (C=O) groups excluding carboxylic acids is 1. The van der Waals surface area contributed by atoms with Crippen LogP contribution in [0, 0.1) is 0 Å². The zero-order valence-electron chi connectivity index (χ0n) is 10.6. The molecule has 2 heterocycles. The highest BCUT2D eigenvalue weighted by Gasteiger charge is 2.56. The van der Waals surface area contributed by atoms with Gasteiger partial charge in [-0.2, -0.15) is 0 Å². The molecule has 2 aliphatic rings. The molecule has 1 N–H and O–H groups in total. The van der Waals surface area contributed by atoms with Crippen molar-refractivity contribution in [2.45, 2.75) is 37.8 Å². The van der Waals surface area contributed by atoms with Gasteiger partial charge in [0.25, 0.3) is 5.91 Å². The van der Waals surface area contributed by atoms with Crippen molar-refractivity contribution in [3.63, 3.8) is 0 Å². The molecule has 0 aliphatic carbocycles. The zero-order valence-corrected chi connectivity index (χ0v) is 10.6. The summed E-state index contributed by atoms with van der Waals surface area (Å²) < 4.78 is 0. The lowest BCUT2D eigenvalue weighted by Crippen LogP contribution is -2.39. The number of nitrogens with zero attached hydrogens (tertiary/aromatic N) is 1. The maximum absolute atomic E-state index is 12.1. The molecule has 1 atom stereocenters. The van der Waals surface area contributed by atoms with Gasteiger partial charge in [-0.1, -0.05) is 35.5 Å². The van der Waals surface area contributed by atoms with Crippen molar-refractivity contribution in [2.24, 2.45) is 5.16 Å². The number of hydrogen-bond donors (Lipinski definition) is 1. The van der Waals surface area contributed by atoms with E-state index in [1.807, 2.05) is 44.2 Å². The predicted octanol–water partition coefficient (Wildman–Crippen LogP) is 1.85. The van der Waals surface area contributed by atoms with Crippen LogP contribution in [0.25, 0.3) is 0 Å². The van der Waals surface area contributed by atoms with E-state index in [1.54, 1.807) is 0 Å². The normalized spacial score (nSPS) is 29.0. The molecular formula is C14H16N2O2. The summed E-state index contributed by atoms with van der Waals surface area (Å²) in [4.78, 5) is 17.6. The lowest BCUT2D eigenvalue weighted by molar-refractivity contribution is -0.138. The first kappa shape index (κ1) is 11.3. The van der Waals surface area contributed by atoms with Gasteiger partial charge in [0.2, 0.25) is 5.60 Å². The molecule has 1 fully saturated rings. The van der Waals surface area contributed by atoms with Gasteiger partial charge in [0.05, 0.1) is 5.71 Å². The van der Waals surface area contributed by atoms with E-state index < -0.39 is 5.60 Å². The highest BCUT2D eigenvalue weighted by molar-refractivity contribution is 6.06. The first-order valence-corrected chi connectivity index (χ1v) is 6.14. The number of nitrogens with one attached hydrogen (secondary N) is 1. The van der Waals surface area contributed by atoms with Gasteiger partial charge in [-0.15, -0.1) is 0 Å². The van der Waals surface area contributed by atoms with Gasteiger partial charge in [-0.3, -0.25) is 4.79 Å². The zero-order chi connectivity index (χ0) is 12.8. The van der Waals surface area contributed by atoms with Gasteiger partial charge in [-0.05, 0) is 19.4 Å². The van der Waals surface area contributed by atoms with Crippen molar-refractivity contribution in [2.75, 3.05) is 0 Å². The first-order valence-electron chi connectivity index (χ1n) is 6.14. The minimum Gasteiger partial charge on any atom is -0.378 e. The predicted molar refractivity (Wildman–Crippen MR) is 68.3 cm³/mol. The molecule has 2 aliphatic heterocycles. The van der Waals surface area contributed by atoms with Crippen molar-refractivity contribution in [3.05, 3.63) is 35.9 Å². The monoisotopic (exact) mass is 244 g/mol. The summed E-state index contributed by atoms with van der Waals surface area (Å²) in [5, 5.41) is 7.07. The molecule has 18 heavy (non-hydrogen) atoms. The molecule has 4 nitrogen and oxygen atoms in total. The SMILES string of the molecule is CC1(C)C[C@@]2(CC(c3ccccc3)=NO2)C(=O)N1. The molecule has 4 heteroatoms. The van der Waals surface area contributed by atoms with Crippen molar-refractivity contribution in [1.82, 2.24) is 5.32 Å². The third kappa shape index (κ3) is 1.68. The summed E-state index contributed by atoms with van der Waals surface area (Å²) in [5.41, 5.74) is 0.850. The van der Waals surface area contributed by atoms with Crippen LogP contribution in [0.4, 0.5) is 0 Å². The average Bonchev–Trinajstić information content (AvgIpc) is 2.83. The van der Waals surface area contributed by atoms with Crippen LogP contribution in [0.3, 0.4) is 0 Å². The summed E-state index contributed by atoms with van der Waals surface area (Å²) in [5.74, 6) is -0.0535. The van der Waals surface area contributed by atoms with Gasteiger partial charge in [0.15, 0.2) is 0 Å². The first-order chi connectivity index (χ1) is 8.51. The summed E-state index contributed by atoms with van der Waals surface area (Å²) in [7, 11) is 0. The fourth-order valence-electron chi connectivity index (χ4n) is 2.74. The van der Waals surface area contributed by atoms with E-state index in [1.165, 1.54) is 0 Å². The van der Waals surface area contributed by atoms with E-state index >= 15 is 0 Å². The second-order valence-corrected chi connectivity index (χ2v) is 5.68. The van der Waals surface area contributed by atoms with E-state index in [-0.39, 0.29) is 11.4 Å². The van der Waals surface area contributed by atoms with Crippen LogP contribution in [-0.2, 0) is 9.63 Å². The molecule has 1 amide bonds. The maximum Gasteiger partial charge on any atom is 0.267 e. The maximum atomic E-state index is 12.1. The second kappa shape index (κ2) is 3.57. The molecule has 0 bridgehead atoms. The molecule has 1 aromatic carbocycles. The quantitative estimate of drug-likeness (QED) is 0.819. The van der Waals surface area contributed by atoms with Crippen LogP contribution in [-0.4, -0.2) is 22.8 Å². The number of carbonyl (C=O) groups is 1. The number of amides is 1. The van der Waals surface area contributed by atoms with E-state index in [0.717, 1.165) is 11.3 Å². The Kier molecular flexibility index (Phi) is 2.24. The third-order valence-electron chi connectivity index (χ3n) is 3.48. The third-order valence-corrected chi connectivity index (χ3v) is 3.48. The minimum atomic E-state index is -0.797. The Balaban J connectivity index is 1.85. The molecule has 0 unspecified atom stereocenters. The van der Waals surface area contributed by atoms with Crippen molar-refractivity contribution >= 4 is 11.6 Å². The number of oxime groups is 1. The molecule has 1 saturated heterocycles. The second-order valence-electron chi connectivity index (χ2n) is 5.68. The molecule has 94 valence electrons. The Bertz CT molecular complexity index is 522. The van der Waals surface area contributed by atoms with Gasteiger partial charge >= 0.3 is 0 Å². The van der Waals surface area contributed by atoms with E-state index in [4.69, 9.17) is 4.84 Å². The number of benzene rings is 1. The fourth-order valence-corrected chi connectivity index (χ4v) is 2.74. The van der Waals surface area contributed by atoms with Crippen LogP contribution >= 0.6 is 0 Å². The van der Waals surface area contributed by atoms with E-state index in [0.29, 0.717) is 12.8 Å². The summed E-state index contributed by atoms with van der Waals surface area (Å²) in [6, 6.07) is 9.85. The van der Waals surface area contributed by atoms with Crippen molar-refractivity contribution in [1.29, 1.82) is 0 Å². The summed E-state index contributed by atoms with van der Waals surface area (Å²) in [6.45, 7) is 4.01. The van der Waals surface area contributed by atoms with E-state index in [9.17, 15) is 4.79 Å². The summed E-state index contributed by atoms with van der Waals surface area (Å²) in [6.07, 6.45) is 1.20. The Labute approximate surface area is 106 Å². The largest absolute Gasteiger partial charge is 0.378 e. The Morgan fingerprint density at radius 2 is 2.00 bits per heavy atom. The van der Waals surface area contributed by atoms with Gasteiger partial charge in [0, 0.05) is 18.4 Å². The van der Waals surface area contributed by atoms with Gasteiger partial charge < -0.3 is 10.2 Å². The molecule has 0 radical (unpaired) electrons. The highest BCUT2D eigenvalue weighted by atomic mass is 16.7. The van der Waals surface area contributed by atoms with Crippen molar-refractivity contribution < 1.29 is 9.63 Å². The molecule has 3 rings (SSSR count). The molecule has 1 aromatic rings. The topological polar surface area (TPSA) is 50.7 Å². The van der Waals surface area contributed by atoms with Crippen molar-refractivity contribution in [3.8, 4) is 0 Å². The summed E-state index contributed by atoms with van der Waals surface area (Å²) >= 11 is 0. The van der Waals surface area contributed by atoms with Crippen LogP contribution in [0.2, 0.25) is 0 Å². The smallest absolute Gasteiger partial charge is 0.267 e. The van der Waals surface area contributed by atoms with Crippen LogP contribution < -0.4 is 5.32 Å². The lowest BCUT2D eigenvalue weighted by Gasteiger charge is -2.19. The number of hydrogen-bond acceptors (Lipinski definition) is 3. The van der Waals surface area contributed by atoms with Crippen LogP contribution in [0.15, 0.2) is 35.5 Å². The Hall–Kier alpha value is -1.84. The Morgan fingerprint density at radius 3 is 2.61 bits per heavy atom. The van der Waals surface area contributed by atoms with Gasteiger partial charge in [-0.25, -0.2) is 0 Å². The molecular weight excluding hydrogens is 228 g/mol. The molecule has 1 spiro atoms. The Morgan fingerprint density at radius 1 is 1.28 bits per heavy atom. The highest BCUT2D eigenvalue weighted by Crippen LogP contribution is 2.38. The van der Waals surface area contributed by atoms with Gasteiger partial charge in [0.1, 0.15) is 0 Å². The van der Waals surface area contributed by atoms with Crippen LogP contribution in [0.5, 0.6) is 0 Å². The molecule has 0 saturated carbocycles. The average molecular weight is 244 g/mol. The van der Waals surface area contributed by atoms with E-state index in [2.05, 4.69) is 10.5 Å². The molecule has 0 aromatic heterocycles. The lowest BCUT2D eigenvalue weighted by atomic mass is 9.87. The van der Waals surface area contributed by atoms with Crippen LogP contribution in [0.1, 0.15) is 32.3 Å². The standard InChI is InChI=1S/C14H16N2O2/c1-13(2)9-14(12(17)15-13)8-11(16-18-14)10-6-4-3-5-7-10/h3-7H,8-9H2,1-2H3,(H,15,17)/t14-/m0/s1. The minimum absolute atomic E-state index is 0.0535. The number of rotatable bonds is 1. The fraction of sp³-hybridized carbons (Fsp3) is 0.429.